The molecule has 0 aromatic rings. The molecule has 0 aromatic heterocycles. The van der Waals surface area contributed by atoms with Crippen LogP contribution in [-0.4, -0.2) is 51.6 Å². The van der Waals surface area contributed by atoms with Gasteiger partial charge in [0, 0.05) is 31.2 Å². The molecule has 17 heavy (non-hydrogen) atoms. The molecule has 1 aliphatic carbocycles. The van der Waals surface area contributed by atoms with Gasteiger partial charge in [-0.05, 0) is 19.4 Å². The molecule has 1 saturated heterocycles. The van der Waals surface area contributed by atoms with E-state index in [-0.39, 0.29) is 5.41 Å². The minimum Gasteiger partial charge on any atom is -0.381 e. The SMILES string of the molecule is COC1CC(NCCC2COCCN2)C1(C)C. The Morgan fingerprint density at radius 1 is 1.47 bits per heavy atom. The summed E-state index contributed by atoms with van der Waals surface area (Å²) in [7, 11) is 1.81. The molecular formula is C13H26N2O2. The van der Waals surface area contributed by atoms with Crippen LogP contribution in [0.2, 0.25) is 0 Å². The maximum absolute atomic E-state index is 5.46. The van der Waals surface area contributed by atoms with Crippen LogP contribution in [0.15, 0.2) is 0 Å². The Hall–Kier alpha value is -0.160. The first-order chi connectivity index (χ1) is 8.14. The van der Waals surface area contributed by atoms with Gasteiger partial charge in [-0.3, -0.25) is 0 Å². The summed E-state index contributed by atoms with van der Waals surface area (Å²) in [6.07, 6.45) is 2.69. The molecule has 0 bridgehead atoms. The van der Waals surface area contributed by atoms with E-state index < -0.39 is 0 Å². The first-order valence-corrected chi connectivity index (χ1v) is 6.72. The zero-order valence-corrected chi connectivity index (χ0v) is 11.3. The van der Waals surface area contributed by atoms with Crippen LogP contribution >= 0.6 is 0 Å². The van der Waals surface area contributed by atoms with Gasteiger partial charge in [-0.1, -0.05) is 13.8 Å². The maximum Gasteiger partial charge on any atom is 0.0652 e. The largest absolute Gasteiger partial charge is 0.381 e. The van der Waals surface area contributed by atoms with Gasteiger partial charge in [0.1, 0.15) is 0 Å². The van der Waals surface area contributed by atoms with Crippen LogP contribution < -0.4 is 10.6 Å². The van der Waals surface area contributed by atoms with Gasteiger partial charge in [-0.2, -0.15) is 0 Å². The van der Waals surface area contributed by atoms with Gasteiger partial charge < -0.3 is 20.1 Å². The quantitative estimate of drug-likeness (QED) is 0.747. The summed E-state index contributed by atoms with van der Waals surface area (Å²) in [4.78, 5) is 0. The van der Waals surface area contributed by atoms with Crippen molar-refractivity contribution in [3.8, 4) is 0 Å². The van der Waals surface area contributed by atoms with Gasteiger partial charge in [-0.25, -0.2) is 0 Å². The number of hydrogen-bond donors (Lipinski definition) is 2. The summed E-state index contributed by atoms with van der Waals surface area (Å²) in [5, 5.41) is 7.13. The van der Waals surface area contributed by atoms with Crippen LogP contribution in [0.5, 0.6) is 0 Å². The molecule has 0 amide bonds. The van der Waals surface area contributed by atoms with Crippen LogP contribution in [0.4, 0.5) is 0 Å². The lowest BCUT2D eigenvalue weighted by Gasteiger charge is -2.51. The summed E-state index contributed by atoms with van der Waals surface area (Å²) in [6, 6.07) is 1.12. The fourth-order valence-corrected chi connectivity index (χ4v) is 2.87. The molecular weight excluding hydrogens is 216 g/mol. The predicted molar refractivity (Wildman–Crippen MR) is 68.2 cm³/mol. The monoisotopic (exact) mass is 242 g/mol. The number of hydrogen-bond acceptors (Lipinski definition) is 4. The fourth-order valence-electron chi connectivity index (χ4n) is 2.87. The van der Waals surface area contributed by atoms with Crippen LogP contribution in [0.1, 0.15) is 26.7 Å². The standard InChI is InChI=1S/C13H26N2O2/c1-13(2)11(8-12(13)16-3)15-5-4-10-9-17-7-6-14-10/h10-12,14-15H,4-9H2,1-3H3. The van der Waals surface area contributed by atoms with Gasteiger partial charge >= 0.3 is 0 Å². The zero-order valence-electron chi connectivity index (χ0n) is 11.3. The van der Waals surface area contributed by atoms with E-state index in [0.717, 1.165) is 39.1 Å². The van der Waals surface area contributed by atoms with E-state index >= 15 is 0 Å². The number of morpholine rings is 1. The van der Waals surface area contributed by atoms with Gasteiger partial charge in [0.15, 0.2) is 0 Å². The highest BCUT2D eigenvalue weighted by Crippen LogP contribution is 2.42. The van der Waals surface area contributed by atoms with E-state index in [1.807, 2.05) is 7.11 Å². The van der Waals surface area contributed by atoms with Crippen molar-refractivity contribution in [2.45, 2.75) is 44.9 Å². The molecule has 0 aromatic carbocycles. The second kappa shape index (κ2) is 5.65. The van der Waals surface area contributed by atoms with E-state index in [2.05, 4.69) is 24.5 Å². The van der Waals surface area contributed by atoms with Crippen molar-refractivity contribution in [1.82, 2.24) is 10.6 Å². The van der Waals surface area contributed by atoms with Crippen molar-refractivity contribution in [1.29, 1.82) is 0 Å². The molecule has 4 heteroatoms. The third-order valence-corrected chi connectivity index (χ3v) is 4.34. The molecule has 1 aliphatic heterocycles. The molecule has 3 atom stereocenters. The van der Waals surface area contributed by atoms with Crippen molar-refractivity contribution < 1.29 is 9.47 Å². The molecule has 2 aliphatic rings. The average Bonchev–Trinajstić information content (AvgIpc) is 2.34. The minimum absolute atomic E-state index is 0.269. The number of nitrogens with one attached hydrogen (secondary N) is 2. The minimum atomic E-state index is 0.269. The van der Waals surface area contributed by atoms with E-state index in [1.54, 1.807) is 0 Å². The topological polar surface area (TPSA) is 42.5 Å². The van der Waals surface area contributed by atoms with Gasteiger partial charge in [0.25, 0.3) is 0 Å². The Kier molecular flexibility index (Phi) is 4.42. The molecule has 100 valence electrons. The highest BCUT2D eigenvalue weighted by atomic mass is 16.5. The second-order valence-corrected chi connectivity index (χ2v) is 5.80. The third kappa shape index (κ3) is 2.99. The molecule has 1 heterocycles. The molecule has 4 nitrogen and oxygen atoms in total. The Balaban J connectivity index is 1.63. The normalized spacial score (nSPS) is 36.5. The highest BCUT2D eigenvalue weighted by Gasteiger charge is 2.48. The third-order valence-electron chi connectivity index (χ3n) is 4.34. The number of rotatable bonds is 5. The molecule has 0 spiro atoms. The van der Waals surface area contributed by atoms with E-state index in [9.17, 15) is 0 Å². The molecule has 3 unspecified atom stereocenters. The van der Waals surface area contributed by atoms with Crippen LogP contribution in [-0.2, 0) is 9.47 Å². The van der Waals surface area contributed by atoms with Crippen molar-refractivity contribution in [2.75, 3.05) is 33.4 Å². The van der Waals surface area contributed by atoms with Crippen LogP contribution in [0.3, 0.4) is 0 Å². The number of ether oxygens (including phenoxy) is 2. The smallest absolute Gasteiger partial charge is 0.0652 e. The molecule has 1 saturated carbocycles. The summed E-state index contributed by atoms with van der Waals surface area (Å²) in [6.45, 7) is 8.33. The van der Waals surface area contributed by atoms with E-state index in [0.29, 0.717) is 18.2 Å². The lowest BCUT2D eigenvalue weighted by molar-refractivity contribution is -0.0975. The Bertz CT molecular complexity index is 240. The summed E-state index contributed by atoms with van der Waals surface area (Å²) in [5.41, 5.74) is 0.269. The van der Waals surface area contributed by atoms with Crippen molar-refractivity contribution >= 4 is 0 Å². The molecule has 2 N–H and O–H groups in total. The summed E-state index contributed by atoms with van der Waals surface area (Å²) in [5.74, 6) is 0. The summed E-state index contributed by atoms with van der Waals surface area (Å²) >= 11 is 0. The number of methoxy groups -OCH3 is 1. The molecule has 2 fully saturated rings. The van der Waals surface area contributed by atoms with Crippen molar-refractivity contribution in [3.05, 3.63) is 0 Å². The van der Waals surface area contributed by atoms with Crippen molar-refractivity contribution in [3.63, 3.8) is 0 Å². The fraction of sp³-hybridized carbons (Fsp3) is 1.00. The molecule has 2 rings (SSSR count). The lowest BCUT2D eigenvalue weighted by atomic mass is 9.64. The maximum atomic E-state index is 5.46. The van der Waals surface area contributed by atoms with Gasteiger partial charge in [-0.15, -0.1) is 0 Å². The Labute approximate surface area is 104 Å². The van der Waals surface area contributed by atoms with Gasteiger partial charge in [0.05, 0.1) is 19.3 Å². The Morgan fingerprint density at radius 2 is 2.29 bits per heavy atom. The lowest BCUT2D eigenvalue weighted by Crippen LogP contribution is -2.61. The predicted octanol–water partition coefficient (Wildman–Crippen LogP) is 0.768. The van der Waals surface area contributed by atoms with E-state index in [1.165, 1.54) is 0 Å². The average molecular weight is 242 g/mol. The second-order valence-electron chi connectivity index (χ2n) is 5.80. The molecule has 0 radical (unpaired) electrons. The first kappa shape index (κ1) is 13.3. The van der Waals surface area contributed by atoms with Crippen LogP contribution in [0, 0.1) is 5.41 Å². The van der Waals surface area contributed by atoms with Gasteiger partial charge in [0.2, 0.25) is 0 Å². The van der Waals surface area contributed by atoms with E-state index in [4.69, 9.17) is 9.47 Å². The highest BCUT2D eigenvalue weighted by molar-refractivity contribution is 5.02. The first-order valence-electron chi connectivity index (χ1n) is 6.72. The summed E-state index contributed by atoms with van der Waals surface area (Å²) < 4.78 is 10.9. The zero-order chi connectivity index (χ0) is 12.3. The van der Waals surface area contributed by atoms with Crippen molar-refractivity contribution in [2.24, 2.45) is 5.41 Å². The van der Waals surface area contributed by atoms with Crippen LogP contribution in [0.25, 0.3) is 0 Å². The Morgan fingerprint density at radius 3 is 2.88 bits per heavy atom.